The molecule has 0 radical (unpaired) electrons. The molecule has 7 nitrogen and oxygen atoms in total. The van der Waals surface area contributed by atoms with Crippen LogP contribution in [0.4, 0.5) is 5.69 Å². The third kappa shape index (κ3) is 5.48. The fourth-order valence-corrected chi connectivity index (χ4v) is 3.72. The summed E-state index contributed by atoms with van der Waals surface area (Å²) in [7, 11) is 3.61. The van der Waals surface area contributed by atoms with Crippen molar-refractivity contribution in [3.05, 3.63) is 71.0 Å². The zero-order chi connectivity index (χ0) is 21.7. The summed E-state index contributed by atoms with van der Waals surface area (Å²) in [6.07, 6.45) is 1.59. The zero-order valence-electron chi connectivity index (χ0n) is 17.5. The molecule has 1 aromatic heterocycles. The van der Waals surface area contributed by atoms with E-state index in [2.05, 4.69) is 47.6 Å². The second-order valence-corrected chi connectivity index (χ2v) is 8.18. The molecule has 0 unspecified atom stereocenters. The Morgan fingerprint density at radius 2 is 1.97 bits per heavy atom. The van der Waals surface area contributed by atoms with Crippen LogP contribution in [0.15, 0.2) is 53.9 Å². The second kappa shape index (κ2) is 9.58. The summed E-state index contributed by atoms with van der Waals surface area (Å²) in [6, 6.07) is 13.2. The summed E-state index contributed by atoms with van der Waals surface area (Å²) in [5.41, 5.74) is 4.59. The monoisotopic (exact) mass is 423 g/mol. The Morgan fingerprint density at radius 1 is 1.17 bits per heavy atom. The molecule has 1 N–H and O–H groups in total. The lowest BCUT2D eigenvalue weighted by Crippen LogP contribution is -2.26. The van der Waals surface area contributed by atoms with E-state index in [4.69, 9.17) is 0 Å². The molecule has 0 aliphatic carbocycles. The topological polar surface area (TPSA) is 80.1 Å². The summed E-state index contributed by atoms with van der Waals surface area (Å²) >= 11 is 1.30. The summed E-state index contributed by atoms with van der Waals surface area (Å²) in [5.74, 6) is -0.0621. The molecular formula is C22H25N5O2S. The molecule has 0 saturated heterocycles. The summed E-state index contributed by atoms with van der Waals surface area (Å²) < 4.78 is 1.75. The second-order valence-electron chi connectivity index (χ2n) is 7.23. The van der Waals surface area contributed by atoms with Crippen LogP contribution in [-0.4, -0.2) is 44.3 Å². The van der Waals surface area contributed by atoms with E-state index in [1.807, 2.05) is 7.05 Å². The Hall–Kier alpha value is -3.13. The zero-order valence-corrected chi connectivity index (χ0v) is 18.4. The van der Waals surface area contributed by atoms with Gasteiger partial charge >= 0.3 is 0 Å². The molecule has 1 heterocycles. The van der Waals surface area contributed by atoms with E-state index < -0.39 is 0 Å². The predicted octanol–water partition coefficient (Wildman–Crippen LogP) is 3.43. The molecule has 3 rings (SSSR count). The smallest absolute Gasteiger partial charge is 0.253 e. The van der Waals surface area contributed by atoms with E-state index >= 15 is 0 Å². The number of benzene rings is 2. The van der Waals surface area contributed by atoms with Crippen LogP contribution >= 0.6 is 11.8 Å². The number of aromatic nitrogens is 3. The van der Waals surface area contributed by atoms with Gasteiger partial charge in [-0.1, -0.05) is 41.6 Å². The van der Waals surface area contributed by atoms with E-state index in [1.54, 1.807) is 47.1 Å². The lowest BCUT2D eigenvalue weighted by atomic mass is 10.1. The molecule has 8 heteroatoms. The fourth-order valence-electron chi connectivity index (χ4n) is 3.03. The maximum absolute atomic E-state index is 12.9. The minimum atomic E-state index is -0.170. The number of amides is 2. The molecule has 156 valence electrons. The maximum atomic E-state index is 12.9. The van der Waals surface area contributed by atoms with E-state index in [1.165, 1.54) is 17.3 Å². The van der Waals surface area contributed by atoms with Gasteiger partial charge in [-0.25, -0.2) is 0 Å². The van der Waals surface area contributed by atoms with Crippen LogP contribution in [0.25, 0.3) is 0 Å². The first kappa shape index (κ1) is 21.6. The van der Waals surface area contributed by atoms with Crippen molar-refractivity contribution in [2.24, 2.45) is 7.05 Å². The van der Waals surface area contributed by atoms with Gasteiger partial charge in [-0.3, -0.25) is 9.59 Å². The number of aryl methyl sites for hydroxylation is 3. The van der Waals surface area contributed by atoms with E-state index in [0.717, 1.165) is 11.1 Å². The Balaban J connectivity index is 1.61. The number of thioether (sulfide) groups is 1. The lowest BCUT2D eigenvalue weighted by molar-refractivity contribution is -0.113. The number of hydrogen-bond donors (Lipinski definition) is 1. The first-order valence-corrected chi connectivity index (χ1v) is 10.5. The van der Waals surface area contributed by atoms with Gasteiger partial charge in [0.05, 0.1) is 5.75 Å². The molecular weight excluding hydrogens is 398 g/mol. The molecule has 0 atom stereocenters. The minimum Gasteiger partial charge on any atom is -0.337 e. The van der Waals surface area contributed by atoms with Crippen LogP contribution in [0.2, 0.25) is 0 Å². The predicted molar refractivity (Wildman–Crippen MR) is 119 cm³/mol. The molecule has 0 fully saturated rings. The quantitative estimate of drug-likeness (QED) is 0.589. The molecule has 3 aromatic rings. The molecule has 2 amide bonds. The third-order valence-electron chi connectivity index (χ3n) is 4.65. The molecule has 0 bridgehead atoms. The highest BCUT2D eigenvalue weighted by Gasteiger charge is 2.14. The Labute approximate surface area is 180 Å². The van der Waals surface area contributed by atoms with Gasteiger partial charge in [0.1, 0.15) is 6.33 Å². The lowest BCUT2D eigenvalue weighted by Gasteiger charge is -2.19. The number of rotatable bonds is 7. The van der Waals surface area contributed by atoms with E-state index in [9.17, 15) is 9.59 Å². The molecule has 0 spiro atoms. The summed E-state index contributed by atoms with van der Waals surface area (Å²) in [5, 5.41) is 11.2. The van der Waals surface area contributed by atoms with Crippen molar-refractivity contribution in [2.75, 3.05) is 18.1 Å². The van der Waals surface area contributed by atoms with Gasteiger partial charge in [0.2, 0.25) is 5.91 Å². The number of carbonyl (C=O) groups is 2. The highest BCUT2D eigenvalue weighted by Crippen LogP contribution is 2.18. The number of nitrogens with zero attached hydrogens (tertiary/aromatic N) is 4. The average molecular weight is 424 g/mol. The first-order valence-electron chi connectivity index (χ1n) is 9.52. The number of anilines is 1. The van der Waals surface area contributed by atoms with Gasteiger partial charge in [0, 0.05) is 31.9 Å². The van der Waals surface area contributed by atoms with Crippen LogP contribution in [-0.2, 0) is 18.4 Å². The largest absolute Gasteiger partial charge is 0.337 e. The Morgan fingerprint density at radius 3 is 2.67 bits per heavy atom. The van der Waals surface area contributed by atoms with Gasteiger partial charge < -0.3 is 14.8 Å². The van der Waals surface area contributed by atoms with Crippen molar-refractivity contribution < 1.29 is 9.59 Å². The fraction of sp³-hybridized carbons (Fsp3) is 0.273. The van der Waals surface area contributed by atoms with Crippen LogP contribution in [0.3, 0.4) is 0 Å². The summed E-state index contributed by atoms with van der Waals surface area (Å²) in [4.78, 5) is 26.8. The third-order valence-corrected chi connectivity index (χ3v) is 5.68. The van der Waals surface area contributed by atoms with Gasteiger partial charge in [-0.15, -0.1) is 10.2 Å². The van der Waals surface area contributed by atoms with Crippen molar-refractivity contribution >= 4 is 29.3 Å². The SMILES string of the molecule is Cc1ccc(CN(C)C(=O)c2cccc(NC(=O)CSc3nncn3C)c2)c(C)c1. The van der Waals surface area contributed by atoms with Crippen molar-refractivity contribution in [1.82, 2.24) is 19.7 Å². The number of hydrogen-bond acceptors (Lipinski definition) is 5. The Bertz CT molecular complexity index is 1060. The highest BCUT2D eigenvalue weighted by molar-refractivity contribution is 7.99. The molecule has 0 aliphatic heterocycles. The highest BCUT2D eigenvalue weighted by atomic mass is 32.2. The normalized spacial score (nSPS) is 10.7. The first-order chi connectivity index (χ1) is 14.3. The van der Waals surface area contributed by atoms with Crippen LogP contribution in [0.1, 0.15) is 27.0 Å². The molecule has 2 aromatic carbocycles. The maximum Gasteiger partial charge on any atom is 0.253 e. The molecule has 0 aliphatic rings. The van der Waals surface area contributed by atoms with Gasteiger partial charge in [-0.2, -0.15) is 0 Å². The Kier molecular flexibility index (Phi) is 6.89. The van der Waals surface area contributed by atoms with Crippen molar-refractivity contribution in [3.8, 4) is 0 Å². The number of nitrogens with one attached hydrogen (secondary N) is 1. The standard InChI is InChI=1S/C22H25N5O2S/c1-15-8-9-18(16(2)10-15)12-26(3)21(29)17-6-5-7-19(11-17)24-20(28)13-30-22-25-23-14-27(22)4/h5-11,14H,12-13H2,1-4H3,(H,24,28). The van der Waals surface area contributed by atoms with Gasteiger partial charge in [-0.05, 0) is 43.2 Å². The molecule has 0 saturated carbocycles. The van der Waals surface area contributed by atoms with Crippen molar-refractivity contribution in [2.45, 2.75) is 25.5 Å². The number of carbonyl (C=O) groups excluding carboxylic acids is 2. The van der Waals surface area contributed by atoms with Crippen LogP contribution < -0.4 is 5.32 Å². The molecule has 30 heavy (non-hydrogen) atoms. The van der Waals surface area contributed by atoms with Crippen LogP contribution in [0, 0.1) is 13.8 Å². The van der Waals surface area contributed by atoms with Crippen LogP contribution in [0.5, 0.6) is 0 Å². The minimum absolute atomic E-state index is 0.0977. The average Bonchev–Trinajstić information content (AvgIpc) is 3.13. The van der Waals surface area contributed by atoms with Crippen molar-refractivity contribution in [1.29, 1.82) is 0 Å². The van der Waals surface area contributed by atoms with E-state index in [-0.39, 0.29) is 17.6 Å². The summed E-state index contributed by atoms with van der Waals surface area (Å²) in [6.45, 7) is 4.63. The van der Waals surface area contributed by atoms with Gasteiger partial charge in [0.25, 0.3) is 5.91 Å². The van der Waals surface area contributed by atoms with E-state index in [0.29, 0.717) is 23.0 Å². The van der Waals surface area contributed by atoms with Crippen molar-refractivity contribution in [3.63, 3.8) is 0 Å². The van der Waals surface area contributed by atoms with Gasteiger partial charge in [0.15, 0.2) is 5.16 Å².